The lowest BCUT2D eigenvalue weighted by atomic mass is 10.0. The van der Waals surface area contributed by atoms with Crippen molar-refractivity contribution in [3.63, 3.8) is 0 Å². The number of aromatic hydroxyl groups is 1. The van der Waals surface area contributed by atoms with Crippen LogP contribution in [-0.4, -0.2) is 65.4 Å². The quantitative estimate of drug-likeness (QED) is 0.906. The SMILES string of the molecule is CCN1CCN(C(=O)[C@@H]2CC(c3ccccc3O)=NO2)CC1. The average molecular weight is 303 g/mol. The summed E-state index contributed by atoms with van der Waals surface area (Å²) in [5.41, 5.74) is 1.26. The highest BCUT2D eigenvalue weighted by molar-refractivity contribution is 6.05. The van der Waals surface area contributed by atoms with Gasteiger partial charge in [0.25, 0.3) is 5.91 Å². The second-order valence-electron chi connectivity index (χ2n) is 5.61. The Bertz CT molecular complexity index is 580. The van der Waals surface area contributed by atoms with Gasteiger partial charge in [0.1, 0.15) is 5.75 Å². The van der Waals surface area contributed by atoms with E-state index in [4.69, 9.17) is 4.84 Å². The number of phenols is 1. The zero-order chi connectivity index (χ0) is 15.5. The zero-order valence-corrected chi connectivity index (χ0v) is 12.7. The Labute approximate surface area is 130 Å². The molecule has 0 bridgehead atoms. The smallest absolute Gasteiger partial charge is 0.266 e. The molecule has 1 saturated heterocycles. The standard InChI is InChI=1S/C16H21N3O3/c1-2-18-7-9-19(10-8-18)16(21)15-11-13(17-22-15)12-5-3-4-6-14(12)20/h3-6,15,20H,2,7-11H2,1H3/t15-/m0/s1. The van der Waals surface area contributed by atoms with E-state index >= 15 is 0 Å². The number of piperazine rings is 1. The average Bonchev–Trinajstić information content (AvgIpc) is 3.04. The minimum absolute atomic E-state index is 0.00933. The fourth-order valence-corrected chi connectivity index (χ4v) is 2.87. The number of oxime groups is 1. The number of carbonyl (C=O) groups is 1. The number of carbonyl (C=O) groups excluding carboxylic acids is 1. The fourth-order valence-electron chi connectivity index (χ4n) is 2.87. The number of amides is 1. The molecule has 2 heterocycles. The summed E-state index contributed by atoms with van der Waals surface area (Å²) in [6, 6.07) is 6.98. The predicted molar refractivity (Wildman–Crippen MR) is 82.8 cm³/mol. The van der Waals surface area contributed by atoms with Crippen molar-refractivity contribution in [1.82, 2.24) is 9.80 Å². The highest BCUT2D eigenvalue weighted by atomic mass is 16.6. The van der Waals surface area contributed by atoms with E-state index in [9.17, 15) is 9.90 Å². The normalized spacial score (nSPS) is 22.3. The number of hydrogen-bond donors (Lipinski definition) is 1. The Morgan fingerprint density at radius 1 is 1.32 bits per heavy atom. The summed E-state index contributed by atoms with van der Waals surface area (Å²) in [5.74, 6) is 0.152. The van der Waals surface area contributed by atoms with E-state index in [0.29, 0.717) is 17.7 Å². The van der Waals surface area contributed by atoms with Crippen molar-refractivity contribution in [3.05, 3.63) is 29.8 Å². The molecule has 1 atom stereocenters. The molecule has 22 heavy (non-hydrogen) atoms. The first-order valence-corrected chi connectivity index (χ1v) is 7.71. The van der Waals surface area contributed by atoms with Crippen molar-refractivity contribution in [2.24, 2.45) is 5.16 Å². The van der Waals surface area contributed by atoms with E-state index in [1.54, 1.807) is 18.2 Å². The van der Waals surface area contributed by atoms with Gasteiger partial charge in [-0.05, 0) is 18.7 Å². The van der Waals surface area contributed by atoms with E-state index in [1.165, 1.54) is 0 Å². The topological polar surface area (TPSA) is 65.4 Å². The van der Waals surface area contributed by atoms with Crippen LogP contribution in [0.1, 0.15) is 18.9 Å². The van der Waals surface area contributed by atoms with Crippen LogP contribution in [-0.2, 0) is 9.63 Å². The van der Waals surface area contributed by atoms with Gasteiger partial charge in [0.05, 0.1) is 5.71 Å². The summed E-state index contributed by atoms with van der Waals surface area (Å²) >= 11 is 0. The molecule has 0 saturated carbocycles. The van der Waals surface area contributed by atoms with Crippen molar-refractivity contribution in [1.29, 1.82) is 0 Å². The number of para-hydroxylation sites is 1. The van der Waals surface area contributed by atoms with Crippen LogP contribution in [0.4, 0.5) is 0 Å². The van der Waals surface area contributed by atoms with Gasteiger partial charge in [0.15, 0.2) is 0 Å². The third-order valence-corrected chi connectivity index (χ3v) is 4.29. The third kappa shape index (κ3) is 2.92. The molecule has 3 rings (SSSR count). The lowest BCUT2D eigenvalue weighted by molar-refractivity contribution is -0.143. The van der Waals surface area contributed by atoms with Gasteiger partial charge in [-0.3, -0.25) is 4.79 Å². The summed E-state index contributed by atoms with van der Waals surface area (Å²) < 4.78 is 0. The molecule has 0 unspecified atom stereocenters. The summed E-state index contributed by atoms with van der Waals surface area (Å²) in [6.45, 7) is 6.42. The summed E-state index contributed by atoms with van der Waals surface area (Å²) in [6.07, 6.45) is -0.160. The maximum absolute atomic E-state index is 12.5. The zero-order valence-electron chi connectivity index (χ0n) is 12.7. The second kappa shape index (κ2) is 6.36. The van der Waals surface area contributed by atoms with Crippen molar-refractivity contribution >= 4 is 11.6 Å². The number of rotatable bonds is 3. The monoisotopic (exact) mass is 303 g/mol. The first-order chi connectivity index (χ1) is 10.7. The Morgan fingerprint density at radius 2 is 2.05 bits per heavy atom. The number of phenolic OH excluding ortho intramolecular Hbond substituents is 1. The van der Waals surface area contributed by atoms with Crippen molar-refractivity contribution < 1.29 is 14.7 Å². The van der Waals surface area contributed by atoms with Gasteiger partial charge in [0.2, 0.25) is 6.10 Å². The molecule has 0 aromatic heterocycles. The highest BCUT2D eigenvalue weighted by Crippen LogP contribution is 2.24. The van der Waals surface area contributed by atoms with Gasteiger partial charge in [-0.2, -0.15) is 0 Å². The lowest BCUT2D eigenvalue weighted by Gasteiger charge is -2.34. The molecule has 1 amide bonds. The predicted octanol–water partition coefficient (Wildman–Crippen LogP) is 1.05. The van der Waals surface area contributed by atoms with E-state index in [2.05, 4.69) is 17.0 Å². The molecule has 1 fully saturated rings. The van der Waals surface area contributed by atoms with Crippen LogP contribution in [0.5, 0.6) is 5.75 Å². The van der Waals surface area contributed by atoms with Crippen LogP contribution >= 0.6 is 0 Å². The Morgan fingerprint density at radius 3 is 2.73 bits per heavy atom. The Balaban J connectivity index is 1.60. The summed E-state index contributed by atoms with van der Waals surface area (Å²) in [4.78, 5) is 22.0. The third-order valence-electron chi connectivity index (χ3n) is 4.29. The molecule has 6 heteroatoms. The maximum Gasteiger partial charge on any atom is 0.266 e. The van der Waals surface area contributed by atoms with Gasteiger partial charge in [-0.1, -0.05) is 24.2 Å². The van der Waals surface area contributed by atoms with Crippen molar-refractivity contribution in [2.45, 2.75) is 19.4 Å². The van der Waals surface area contributed by atoms with Crippen LogP contribution in [0.3, 0.4) is 0 Å². The van der Waals surface area contributed by atoms with Crippen molar-refractivity contribution in [3.8, 4) is 5.75 Å². The minimum Gasteiger partial charge on any atom is -0.507 e. The van der Waals surface area contributed by atoms with Crippen molar-refractivity contribution in [2.75, 3.05) is 32.7 Å². The molecule has 0 spiro atoms. The molecular formula is C16H21N3O3. The molecule has 6 nitrogen and oxygen atoms in total. The second-order valence-corrected chi connectivity index (χ2v) is 5.61. The maximum atomic E-state index is 12.5. The Kier molecular flexibility index (Phi) is 4.29. The number of hydrogen-bond acceptors (Lipinski definition) is 5. The molecule has 2 aliphatic heterocycles. The number of nitrogens with zero attached hydrogens (tertiary/aromatic N) is 3. The summed E-state index contributed by atoms with van der Waals surface area (Å²) in [5, 5.41) is 13.9. The van der Waals surface area contributed by atoms with Crippen LogP contribution in [0.2, 0.25) is 0 Å². The molecule has 1 aromatic rings. The largest absolute Gasteiger partial charge is 0.507 e. The molecule has 0 aliphatic carbocycles. The molecule has 118 valence electrons. The van der Waals surface area contributed by atoms with Gasteiger partial charge in [0, 0.05) is 38.2 Å². The van der Waals surface area contributed by atoms with Crippen LogP contribution in [0.25, 0.3) is 0 Å². The van der Waals surface area contributed by atoms with Crippen LogP contribution < -0.4 is 0 Å². The van der Waals surface area contributed by atoms with Crippen LogP contribution in [0.15, 0.2) is 29.4 Å². The molecular weight excluding hydrogens is 282 g/mol. The van der Waals surface area contributed by atoms with E-state index < -0.39 is 6.10 Å². The summed E-state index contributed by atoms with van der Waals surface area (Å²) in [7, 11) is 0. The lowest BCUT2D eigenvalue weighted by Crippen LogP contribution is -2.51. The molecule has 1 N–H and O–H groups in total. The molecule has 2 aliphatic rings. The highest BCUT2D eigenvalue weighted by Gasteiger charge is 2.34. The van der Waals surface area contributed by atoms with E-state index in [-0.39, 0.29) is 11.7 Å². The molecule has 1 aromatic carbocycles. The molecule has 0 radical (unpaired) electrons. The van der Waals surface area contributed by atoms with Gasteiger partial charge >= 0.3 is 0 Å². The fraction of sp³-hybridized carbons (Fsp3) is 0.500. The van der Waals surface area contributed by atoms with Gasteiger partial charge < -0.3 is 19.7 Å². The number of benzene rings is 1. The van der Waals surface area contributed by atoms with Crippen LogP contribution in [0, 0.1) is 0 Å². The first-order valence-electron chi connectivity index (χ1n) is 7.71. The minimum atomic E-state index is -0.567. The van der Waals surface area contributed by atoms with Gasteiger partial charge in [-0.25, -0.2) is 0 Å². The first kappa shape index (κ1) is 14.8. The van der Waals surface area contributed by atoms with E-state index in [1.807, 2.05) is 11.0 Å². The van der Waals surface area contributed by atoms with E-state index in [0.717, 1.165) is 32.7 Å². The van der Waals surface area contributed by atoms with Gasteiger partial charge in [-0.15, -0.1) is 0 Å². The number of likely N-dealkylation sites (N-methyl/N-ethyl adjacent to an activating group) is 1. The Hall–Kier alpha value is -2.08.